The van der Waals surface area contributed by atoms with E-state index >= 15 is 0 Å². The van der Waals surface area contributed by atoms with Crippen molar-refractivity contribution in [2.45, 2.75) is 32.6 Å². The topological polar surface area (TPSA) is 43.8 Å². The molecule has 1 aromatic heterocycles. The highest BCUT2D eigenvalue weighted by atomic mass is 32.2. The van der Waals surface area contributed by atoms with Crippen LogP contribution in [0.2, 0.25) is 0 Å². The minimum absolute atomic E-state index is 0.604. The number of thioether (sulfide) groups is 1. The van der Waals surface area contributed by atoms with Crippen molar-refractivity contribution < 1.29 is 0 Å². The van der Waals surface area contributed by atoms with Gasteiger partial charge >= 0.3 is 0 Å². The Bertz CT molecular complexity index is 270. The molecule has 14 heavy (non-hydrogen) atoms. The van der Waals surface area contributed by atoms with Crippen molar-refractivity contribution in [3.8, 4) is 0 Å². The summed E-state index contributed by atoms with van der Waals surface area (Å²) in [5, 5.41) is 4.84. The van der Waals surface area contributed by atoms with Gasteiger partial charge in [-0.3, -0.25) is 4.68 Å². The minimum atomic E-state index is 0.604. The summed E-state index contributed by atoms with van der Waals surface area (Å²) in [4.78, 5) is 0. The van der Waals surface area contributed by atoms with E-state index in [1.165, 1.54) is 0 Å². The van der Waals surface area contributed by atoms with Crippen LogP contribution in [0.25, 0.3) is 0 Å². The van der Waals surface area contributed by atoms with Crippen LogP contribution in [0.5, 0.6) is 0 Å². The molecular weight excluding hydrogens is 194 g/mol. The van der Waals surface area contributed by atoms with E-state index in [-0.39, 0.29) is 0 Å². The molecule has 0 saturated carbocycles. The Kier molecular flexibility index (Phi) is 4.32. The Morgan fingerprint density at radius 1 is 1.50 bits per heavy atom. The van der Waals surface area contributed by atoms with Crippen LogP contribution in [-0.4, -0.2) is 20.8 Å². The number of anilines is 1. The molecule has 0 fully saturated rings. The maximum atomic E-state index is 5.52. The summed E-state index contributed by atoms with van der Waals surface area (Å²) in [7, 11) is 0. The molecule has 1 unspecified atom stereocenters. The number of hydrogen-bond donors (Lipinski definition) is 1. The average Bonchev–Trinajstić information content (AvgIpc) is 2.51. The Morgan fingerprint density at radius 2 is 2.21 bits per heavy atom. The number of aromatic nitrogens is 2. The number of nitrogens with two attached hydrogens (primary N) is 1. The molecule has 0 aromatic carbocycles. The van der Waals surface area contributed by atoms with Crippen LogP contribution < -0.4 is 5.73 Å². The van der Waals surface area contributed by atoms with Crippen LogP contribution in [0.1, 0.15) is 20.8 Å². The third kappa shape index (κ3) is 3.62. The molecule has 1 heterocycles. The fourth-order valence-electron chi connectivity index (χ4n) is 1.03. The summed E-state index contributed by atoms with van der Waals surface area (Å²) in [6.45, 7) is 7.72. The zero-order chi connectivity index (χ0) is 10.6. The lowest BCUT2D eigenvalue weighted by atomic mass is 10.2. The molecule has 4 heteroatoms. The molecule has 0 aliphatic heterocycles. The molecule has 1 aromatic rings. The number of aryl methyl sites for hydroxylation is 1. The van der Waals surface area contributed by atoms with Gasteiger partial charge in [-0.15, -0.1) is 0 Å². The van der Waals surface area contributed by atoms with Gasteiger partial charge < -0.3 is 5.73 Å². The lowest BCUT2D eigenvalue weighted by Crippen LogP contribution is -2.09. The maximum absolute atomic E-state index is 5.52. The molecule has 0 saturated heterocycles. The van der Waals surface area contributed by atoms with Crippen molar-refractivity contribution in [2.75, 3.05) is 11.5 Å². The van der Waals surface area contributed by atoms with E-state index in [1.54, 1.807) is 0 Å². The second-order valence-electron chi connectivity index (χ2n) is 3.82. The highest BCUT2D eigenvalue weighted by molar-refractivity contribution is 7.99. The van der Waals surface area contributed by atoms with Gasteiger partial charge in [-0.1, -0.05) is 20.8 Å². The molecule has 0 bridgehead atoms. The highest BCUT2D eigenvalue weighted by Crippen LogP contribution is 2.18. The van der Waals surface area contributed by atoms with E-state index < -0.39 is 0 Å². The van der Waals surface area contributed by atoms with Gasteiger partial charge in [0.25, 0.3) is 0 Å². The average molecular weight is 213 g/mol. The van der Waals surface area contributed by atoms with Crippen molar-refractivity contribution in [3.05, 3.63) is 12.3 Å². The van der Waals surface area contributed by atoms with Gasteiger partial charge in [0.05, 0.1) is 6.54 Å². The highest BCUT2D eigenvalue weighted by Gasteiger charge is 2.06. The van der Waals surface area contributed by atoms with Gasteiger partial charge in [0.1, 0.15) is 5.82 Å². The van der Waals surface area contributed by atoms with E-state index in [0.29, 0.717) is 11.1 Å². The molecule has 3 nitrogen and oxygen atoms in total. The van der Waals surface area contributed by atoms with Crippen LogP contribution in [0.4, 0.5) is 5.82 Å². The first-order valence-electron chi connectivity index (χ1n) is 5.00. The molecule has 0 amide bonds. The second-order valence-corrected chi connectivity index (χ2v) is 5.31. The molecule has 2 N–H and O–H groups in total. The lowest BCUT2D eigenvalue weighted by molar-refractivity contribution is 0.634. The molecule has 80 valence electrons. The maximum Gasteiger partial charge on any atom is 0.145 e. The van der Waals surface area contributed by atoms with E-state index in [4.69, 9.17) is 5.73 Å². The Morgan fingerprint density at radius 3 is 2.71 bits per heavy atom. The molecular formula is C10H19N3S. The second kappa shape index (κ2) is 5.29. The smallest absolute Gasteiger partial charge is 0.145 e. The minimum Gasteiger partial charge on any atom is -0.382 e. The first-order valence-corrected chi connectivity index (χ1v) is 6.05. The van der Waals surface area contributed by atoms with Crippen molar-refractivity contribution in [1.29, 1.82) is 0 Å². The van der Waals surface area contributed by atoms with Crippen molar-refractivity contribution >= 4 is 17.6 Å². The number of nitrogen functional groups attached to an aromatic ring is 1. The Labute approximate surface area is 90.1 Å². The molecule has 0 aliphatic rings. The van der Waals surface area contributed by atoms with E-state index in [9.17, 15) is 0 Å². The van der Waals surface area contributed by atoms with Crippen LogP contribution in [-0.2, 0) is 6.54 Å². The zero-order valence-corrected chi connectivity index (χ0v) is 9.92. The largest absolute Gasteiger partial charge is 0.382 e. The van der Waals surface area contributed by atoms with Gasteiger partial charge in [0, 0.05) is 17.2 Å². The number of rotatable bonds is 5. The van der Waals surface area contributed by atoms with Crippen molar-refractivity contribution in [1.82, 2.24) is 9.78 Å². The summed E-state index contributed by atoms with van der Waals surface area (Å²) < 4.78 is 1.90. The standard InChI is InChI=1S/C10H19N3S/c1-8(2)9(3)14-7-6-13-5-4-10(11)12-13/h4-5,8-9H,6-7H2,1-3H3,(H2,11,12). The van der Waals surface area contributed by atoms with E-state index in [0.717, 1.165) is 18.2 Å². The fraction of sp³-hybridized carbons (Fsp3) is 0.700. The van der Waals surface area contributed by atoms with Crippen LogP contribution in [0.15, 0.2) is 12.3 Å². The van der Waals surface area contributed by atoms with Crippen LogP contribution >= 0.6 is 11.8 Å². The quantitative estimate of drug-likeness (QED) is 0.816. The van der Waals surface area contributed by atoms with Gasteiger partial charge in [0.15, 0.2) is 0 Å². The van der Waals surface area contributed by atoms with Crippen molar-refractivity contribution in [2.24, 2.45) is 5.92 Å². The zero-order valence-electron chi connectivity index (χ0n) is 9.10. The summed E-state index contributed by atoms with van der Waals surface area (Å²) in [5.41, 5.74) is 5.52. The number of hydrogen-bond acceptors (Lipinski definition) is 3. The summed E-state index contributed by atoms with van der Waals surface area (Å²) in [6, 6.07) is 1.83. The van der Waals surface area contributed by atoms with Crippen molar-refractivity contribution in [3.63, 3.8) is 0 Å². The lowest BCUT2D eigenvalue weighted by Gasteiger charge is -2.14. The normalized spacial score (nSPS) is 13.4. The third-order valence-corrected chi connectivity index (χ3v) is 3.79. The van der Waals surface area contributed by atoms with Gasteiger partial charge in [-0.25, -0.2) is 0 Å². The molecule has 0 spiro atoms. The number of nitrogens with zero attached hydrogens (tertiary/aromatic N) is 2. The van der Waals surface area contributed by atoms with Crippen LogP contribution in [0, 0.1) is 5.92 Å². The SMILES string of the molecule is CC(C)C(C)SCCn1ccc(N)n1. The molecule has 0 radical (unpaired) electrons. The van der Waals surface area contributed by atoms with Gasteiger partial charge in [0.2, 0.25) is 0 Å². The predicted octanol–water partition coefficient (Wildman–Crippen LogP) is 2.24. The molecule has 1 rings (SSSR count). The van der Waals surface area contributed by atoms with E-state index in [1.807, 2.05) is 28.7 Å². The Hall–Kier alpha value is -0.640. The molecule has 0 aliphatic carbocycles. The Balaban J connectivity index is 2.22. The van der Waals surface area contributed by atoms with E-state index in [2.05, 4.69) is 25.9 Å². The predicted molar refractivity (Wildman–Crippen MR) is 63.4 cm³/mol. The van der Waals surface area contributed by atoms with Gasteiger partial charge in [-0.05, 0) is 12.0 Å². The fourth-order valence-corrected chi connectivity index (χ4v) is 2.08. The summed E-state index contributed by atoms with van der Waals surface area (Å²) in [5.74, 6) is 2.44. The van der Waals surface area contributed by atoms with Crippen LogP contribution in [0.3, 0.4) is 0 Å². The molecule has 1 atom stereocenters. The summed E-state index contributed by atoms with van der Waals surface area (Å²) >= 11 is 1.99. The monoisotopic (exact) mass is 213 g/mol. The first-order chi connectivity index (χ1) is 6.59. The first kappa shape index (κ1) is 11.4. The summed E-state index contributed by atoms with van der Waals surface area (Å²) in [6.07, 6.45) is 1.93. The van der Waals surface area contributed by atoms with Gasteiger partial charge in [-0.2, -0.15) is 16.9 Å². The third-order valence-electron chi connectivity index (χ3n) is 2.30.